The zero-order valence-corrected chi connectivity index (χ0v) is 11.3. The summed E-state index contributed by atoms with van der Waals surface area (Å²) in [6.45, 7) is 2.19. The van der Waals surface area contributed by atoms with Gasteiger partial charge in [-0.3, -0.25) is 0 Å². The highest BCUT2D eigenvalue weighted by Crippen LogP contribution is 2.22. The van der Waals surface area contributed by atoms with Crippen LogP contribution in [0.15, 0.2) is 36.1 Å². The fourth-order valence-electron chi connectivity index (χ4n) is 1.93. The van der Waals surface area contributed by atoms with E-state index >= 15 is 0 Å². The van der Waals surface area contributed by atoms with Crippen molar-refractivity contribution in [1.82, 2.24) is 0 Å². The van der Waals surface area contributed by atoms with Crippen molar-refractivity contribution in [2.75, 3.05) is 7.11 Å². The lowest BCUT2D eigenvalue weighted by Gasteiger charge is -2.09. The van der Waals surface area contributed by atoms with Crippen molar-refractivity contribution in [2.24, 2.45) is 0 Å². The number of hydrogen-bond acceptors (Lipinski definition) is 2. The van der Waals surface area contributed by atoms with Gasteiger partial charge in [0.15, 0.2) is 0 Å². The summed E-state index contributed by atoms with van der Waals surface area (Å²) >= 11 is 0. The van der Waals surface area contributed by atoms with Gasteiger partial charge in [0.05, 0.1) is 12.7 Å². The largest absolute Gasteiger partial charge is 0.500 e. The molecule has 2 heteroatoms. The van der Waals surface area contributed by atoms with Crippen molar-refractivity contribution >= 4 is 5.57 Å². The predicted octanol–water partition coefficient (Wildman–Crippen LogP) is 4.54. The van der Waals surface area contributed by atoms with Crippen LogP contribution in [0.3, 0.4) is 0 Å². The molecular weight excluding hydrogens is 222 g/mol. The third kappa shape index (κ3) is 4.25. The minimum atomic E-state index is 0.662. The molecule has 0 aliphatic rings. The Hall–Kier alpha value is -1.75. The molecule has 18 heavy (non-hydrogen) atoms. The number of hydrogen-bond donors (Lipinski definition) is 0. The van der Waals surface area contributed by atoms with Crippen molar-refractivity contribution in [2.45, 2.75) is 39.0 Å². The van der Waals surface area contributed by atoms with E-state index in [1.165, 1.54) is 19.3 Å². The quantitative estimate of drug-likeness (QED) is 0.400. The summed E-state index contributed by atoms with van der Waals surface area (Å²) in [7, 11) is 1.65. The number of methoxy groups -OCH3 is 1. The number of allylic oxidation sites excluding steroid dienone is 2. The third-order valence-corrected chi connectivity index (χ3v) is 2.96. The van der Waals surface area contributed by atoms with Gasteiger partial charge in [0.25, 0.3) is 0 Å². The molecule has 0 saturated heterocycles. The number of benzene rings is 1. The molecule has 0 aromatic heterocycles. The molecule has 0 aliphatic heterocycles. The second-order valence-corrected chi connectivity index (χ2v) is 4.29. The molecule has 0 saturated carbocycles. The Balaban J connectivity index is 2.80. The molecule has 0 bridgehead atoms. The first kappa shape index (κ1) is 14.3. The van der Waals surface area contributed by atoms with E-state index in [1.54, 1.807) is 7.11 Å². The van der Waals surface area contributed by atoms with Crippen LogP contribution in [-0.2, 0) is 4.74 Å². The van der Waals surface area contributed by atoms with E-state index in [9.17, 15) is 5.26 Å². The van der Waals surface area contributed by atoms with E-state index in [-0.39, 0.29) is 0 Å². The average molecular weight is 243 g/mol. The fraction of sp³-hybridized carbons (Fsp3) is 0.438. The molecule has 0 amide bonds. The van der Waals surface area contributed by atoms with Crippen molar-refractivity contribution in [1.29, 1.82) is 5.26 Å². The Morgan fingerprint density at radius 1 is 1.17 bits per heavy atom. The maximum atomic E-state index is 9.30. The van der Waals surface area contributed by atoms with Gasteiger partial charge in [-0.05, 0) is 12.0 Å². The smallest absolute Gasteiger partial charge is 0.114 e. The zero-order valence-electron chi connectivity index (χ0n) is 11.3. The van der Waals surface area contributed by atoms with Crippen LogP contribution in [0.2, 0.25) is 0 Å². The number of nitriles is 1. The van der Waals surface area contributed by atoms with Crippen LogP contribution in [0, 0.1) is 11.3 Å². The van der Waals surface area contributed by atoms with Crippen LogP contribution < -0.4 is 0 Å². The first-order valence-corrected chi connectivity index (χ1v) is 6.56. The molecular formula is C16H21NO. The Bertz CT molecular complexity index is 414. The van der Waals surface area contributed by atoms with Gasteiger partial charge in [0.1, 0.15) is 11.8 Å². The number of nitrogens with zero attached hydrogens (tertiary/aromatic N) is 1. The maximum Gasteiger partial charge on any atom is 0.114 e. The summed E-state index contributed by atoms with van der Waals surface area (Å²) in [5.41, 5.74) is 1.60. The van der Waals surface area contributed by atoms with Crippen LogP contribution in [0.5, 0.6) is 0 Å². The number of rotatable bonds is 7. The molecule has 0 spiro atoms. The van der Waals surface area contributed by atoms with E-state index in [1.807, 2.05) is 30.3 Å². The standard InChI is InChI=1S/C16H21NO/c1-3-4-5-9-12-16(18-2)15(13-17)14-10-7-6-8-11-14/h6-8,10-11H,3-5,9,12H2,1-2H3/b16-15+. The summed E-state index contributed by atoms with van der Waals surface area (Å²) < 4.78 is 5.40. The first-order chi connectivity index (χ1) is 8.83. The van der Waals surface area contributed by atoms with Gasteiger partial charge in [0, 0.05) is 6.42 Å². The molecule has 0 radical (unpaired) electrons. The van der Waals surface area contributed by atoms with Gasteiger partial charge in [-0.2, -0.15) is 5.26 Å². The predicted molar refractivity (Wildman–Crippen MR) is 74.7 cm³/mol. The van der Waals surface area contributed by atoms with E-state index < -0.39 is 0 Å². The molecule has 0 unspecified atom stereocenters. The van der Waals surface area contributed by atoms with Gasteiger partial charge in [-0.15, -0.1) is 0 Å². The number of unbranched alkanes of at least 4 members (excludes halogenated alkanes) is 3. The Labute approximate surface area is 110 Å². The van der Waals surface area contributed by atoms with E-state index in [0.717, 1.165) is 24.2 Å². The van der Waals surface area contributed by atoms with E-state index in [4.69, 9.17) is 4.74 Å². The minimum absolute atomic E-state index is 0.662. The summed E-state index contributed by atoms with van der Waals surface area (Å²) in [5.74, 6) is 0.805. The fourth-order valence-corrected chi connectivity index (χ4v) is 1.93. The molecule has 96 valence electrons. The van der Waals surface area contributed by atoms with Crippen molar-refractivity contribution in [3.63, 3.8) is 0 Å². The normalized spacial score (nSPS) is 11.6. The topological polar surface area (TPSA) is 33.0 Å². The Morgan fingerprint density at radius 2 is 1.89 bits per heavy atom. The molecule has 0 N–H and O–H groups in total. The third-order valence-electron chi connectivity index (χ3n) is 2.96. The average Bonchev–Trinajstić information content (AvgIpc) is 2.43. The lowest BCUT2D eigenvalue weighted by Crippen LogP contribution is -1.94. The summed E-state index contributed by atoms with van der Waals surface area (Å²) in [6.07, 6.45) is 5.57. The lowest BCUT2D eigenvalue weighted by atomic mass is 10.0. The number of ether oxygens (including phenoxy) is 1. The van der Waals surface area contributed by atoms with Gasteiger partial charge in [-0.1, -0.05) is 56.5 Å². The highest BCUT2D eigenvalue weighted by molar-refractivity contribution is 5.78. The van der Waals surface area contributed by atoms with E-state index in [0.29, 0.717) is 5.57 Å². The highest BCUT2D eigenvalue weighted by atomic mass is 16.5. The van der Waals surface area contributed by atoms with Gasteiger partial charge in [-0.25, -0.2) is 0 Å². The van der Waals surface area contributed by atoms with Gasteiger partial charge >= 0.3 is 0 Å². The highest BCUT2D eigenvalue weighted by Gasteiger charge is 2.09. The van der Waals surface area contributed by atoms with Crippen LogP contribution in [0.4, 0.5) is 0 Å². The maximum absolute atomic E-state index is 9.30. The molecule has 0 fully saturated rings. The van der Waals surface area contributed by atoms with Crippen LogP contribution in [0.25, 0.3) is 5.57 Å². The first-order valence-electron chi connectivity index (χ1n) is 6.56. The summed E-state index contributed by atoms with van der Waals surface area (Å²) in [6, 6.07) is 12.0. The summed E-state index contributed by atoms with van der Waals surface area (Å²) in [5, 5.41) is 9.30. The Morgan fingerprint density at radius 3 is 2.44 bits per heavy atom. The molecule has 1 aromatic rings. The molecule has 1 rings (SSSR count). The molecule has 2 nitrogen and oxygen atoms in total. The van der Waals surface area contributed by atoms with Gasteiger partial charge < -0.3 is 4.74 Å². The molecule has 0 heterocycles. The van der Waals surface area contributed by atoms with Crippen molar-refractivity contribution < 1.29 is 4.74 Å². The second-order valence-electron chi connectivity index (χ2n) is 4.29. The lowest BCUT2D eigenvalue weighted by molar-refractivity contribution is 0.276. The second kappa shape index (κ2) is 8.36. The van der Waals surface area contributed by atoms with E-state index in [2.05, 4.69) is 13.0 Å². The molecule has 0 aliphatic carbocycles. The van der Waals surface area contributed by atoms with Crippen LogP contribution in [-0.4, -0.2) is 7.11 Å². The molecule has 0 atom stereocenters. The van der Waals surface area contributed by atoms with Crippen molar-refractivity contribution in [3.8, 4) is 6.07 Å². The summed E-state index contributed by atoms with van der Waals surface area (Å²) in [4.78, 5) is 0. The SMILES string of the molecule is CCCCCC/C(OC)=C(/C#N)c1ccccc1. The van der Waals surface area contributed by atoms with Crippen LogP contribution >= 0.6 is 0 Å². The molecule has 1 aromatic carbocycles. The Kier molecular flexibility index (Phi) is 6.64. The van der Waals surface area contributed by atoms with Crippen molar-refractivity contribution in [3.05, 3.63) is 41.7 Å². The zero-order chi connectivity index (χ0) is 13.2. The van der Waals surface area contributed by atoms with Gasteiger partial charge in [0.2, 0.25) is 0 Å². The minimum Gasteiger partial charge on any atom is -0.500 e. The van der Waals surface area contributed by atoms with Crippen LogP contribution in [0.1, 0.15) is 44.6 Å². The monoisotopic (exact) mass is 243 g/mol.